The van der Waals surface area contributed by atoms with Crippen LogP contribution in [0.2, 0.25) is 0 Å². The molecule has 0 fully saturated rings. The zero-order chi connectivity index (χ0) is 13.0. The van der Waals surface area contributed by atoms with Gasteiger partial charge in [-0.3, -0.25) is 0 Å². The Bertz CT molecular complexity index is 426. The van der Waals surface area contributed by atoms with Gasteiger partial charge in [-0.25, -0.2) is 13.6 Å². The van der Waals surface area contributed by atoms with Gasteiger partial charge < -0.3 is 10.4 Å². The zero-order valence-corrected chi connectivity index (χ0v) is 10.3. The lowest BCUT2D eigenvalue weighted by atomic mass is 10.1. The Hall–Kier alpha value is -1.30. The van der Waals surface area contributed by atoms with Crippen LogP contribution >= 0.6 is 11.8 Å². The van der Waals surface area contributed by atoms with Crippen LogP contribution in [0.3, 0.4) is 0 Å². The normalized spacial score (nSPS) is 12.2. The molecule has 0 aromatic heterocycles. The first-order valence-electron chi connectivity index (χ1n) is 4.94. The van der Waals surface area contributed by atoms with Crippen LogP contribution < -0.4 is 5.32 Å². The molecule has 0 aliphatic carbocycles. The van der Waals surface area contributed by atoms with E-state index in [-0.39, 0.29) is 11.7 Å². The Morgan fingerprint density at radius 3 is 2.65 bits per heavy atom. The predicted molar refractivity (Wildman–Crippen MR) is 64.8 cm³/mol. The van der Waals surface area contributed by atoms with Crippen molar-refractivity contribution in [2.24, 2.45) is 0 Å². The van der Waals surface area contributed by atoms with E-state index < -0.39 is 23.2 Å². The maximum absolute atomic E-state index is 13.5. The SMILES string of the molecule is CSCC(C)Nc1ccc(C(=O)O)c(F)c1F. The van der Waals surface area contributed by atoms with Crippen molar-refractivity contribution in [2.75, 3.05) is 17.3 Å². The lowest BCUT2D eigenvalue weighted by molar-refractivity contribution is 0.0690. The first-order chi connectivity index (χ1) is 7.97. The van der Waals surface area contributed by atoms with Crippen LogP contribution in [0.25, 0.3) is 0 Å². The first kappa shape index (κ1) is 13.8. The van der Waals surface area contributed by atoms with E-state index >= 15 is 0 Å². The van der Waals surface area contributed by atoms with Crippen LogP contribution in [0.15, 0.2) is 12.1 Å². The average Bonchev–Trinajstić information content (AvgIpc) is 2.25. The van der Waals surface area contributed by atoms with Crippen molar-refractivity contribution in [2.45, 2.75) is 13.0 Å². The molecule has 0 aliphatic rings. The average molecular weight is 261 g/mol. The molecule has 1 unspecified atom stereocenters. The van der Waals surface area contributed by atoms with Gasteiger partial charge in [-0.05, 0) is 25.3 Å². The molecule has 0 saturated heterocycles. The van der Waals surface area contributed by atoms with Crippen molar-refractivity contribution in [3.05, 3.63) is 29.3 Å². The van der Waals surface area contributed by atoms with Crippen LogP contribution in [-0.2, 0) is 0 Å². The molecule has 0 bridgehead atoms. The molecule has 1 aromatic rings. The summed E-state index contributed by atoms with van der Waals surface area (Å²) in [6, 6.07) is 2.25. The number of nitrogens with one attached hydrogen (secondary N) is 1. The number of thioether (sulfide) groups is 1. The molecule has 0 heterocycles. The molecule has 2 N–H and O–H groups in total. The third kappa shape index (κ3) is 3.33. The Balaban J connectivity index is 2.96. The van der Waals surface area contributed by atoms with Gasteiger partial charge in [0.2, 0.25) is 0 Å². The number of halogens is 2. The summed E-state index contributed by atoms with van der Waals surface area (Å²) in [6.45, 7) is 1.83. The number of hydrogen-bond donors (Lipinski definition) is 2. The number of benzene rings is 1. The zero-order valence-electron chi connectivity index (χ0n) is 9.46. The summed E-state index contributed by atoms with van der Waals surface area (Å²) in [5.74, 6) is -3.23. The Labute approximate surface area is 102 Å². The highest BCUT2D eigenvalue weighted by atomic mass is 32.2. The number of carboxylic acids is 1. The van der Waals surface area contributed by atoms with E-state index in [2.05, 4.69) is 5.32 Å². The van der Waals surface area contributed by atoms with Gasteiger partial charge in [0, 0.05) is 11.8 Å². The van der Waals surface area contributed by atoms with E-state index in [0.717, 1.165) is 11.8 Å². The fourth-order valence-electron chi connectivity index (χ4n) is 1.38. The molecule has 1 atom stereocenters. The van der Waals surface area contributed by atoms with Crippen molar-refractivity contribution in [1.29, 1.82) is 0 Å². The van der Waals surface area contributed by atoms with Crippen LogP contribution in [0.1, 0.15) is 17.3 Å². The lowest BCUT2D eigenvalue weighted by Gasteiger charge is -2.15. The molecule has 17 heavy (non-hydrogen) atoms. The predicted octanol–water partition coefficient (Wildman–Crippen LogP) is 2.83. The van der Waals surface area contributed by atoms with E-state index in [9.17, 15) is 13.6 Å². The largest absolute Gasteiger partial charge is 0.478 e. The maximum atomic E-state index is 13.5. The summed E-state index contributed by atoms with van der Waals surface area (Å²) < 4.78 is 26.9. The minimum Gasteiger partial charge on any atom is -0.478 e. The van der Waals surface area contributed by atoms with Crippen LogP contribution in [0.4, 0.5) is 14.5 Å². The molecule has 0 aliphatic heterocycles. The number of rotatable bonds is 5. The first-order valence-corrected chi connectivity index (χ1v) is 6.33. The molecule has 94 valence electrons. The minimum absolute atomic E-state index is 0.0194. The summed E-state index contributed by atoms with van der Waals surface area (Å²) in [5, 5.41) is 11.4. The Morgan fingerprint density at radius 1 is 1.47 bits per heavy atom. The van der Waals surface area contributed by atoms with Crippen molar-refractivity contribution in [1.82, 2.24) is 0 Å². The van der Waals surface area contributed by atoms with Gasteiger partial charge in [-0.1, -0.05) is 0 Å². The van der Waals surface area contributed by atoms with Crippen molar-refractivity contribution >= 4 is 23.4 Å². The highest BCUT2D eigenvalue weighted by molar-refractivity contribution is 7.98. The van der Waals surface area contributed by atoms with E-state index in [1.54, 1.807) is 11.8 Å². The lowest BCUT2D eigenvalue weighted by Crippen LogP contribution is -2.19. The second kappa shape index (κ2) is 5.86. The van der Waals surface area contributed by atoms with Gasteiger partial charge in [0.05, 0.1) is 11.3 Å². The second-order valence-corrected chi connectivity index (χ2v) is 4.51. The van der Waals surface area contributed by atoms with Gasteiger partial charge in [0.15, 0.2) is 11.6 Å². The fourth-order valence-corrected chi connectivity index (χ4v) is 1.97. The quantitative estimate of drug-likeness (QED) is 0.855. The van der Waals surface area contributed by atoms with Crippen LogP contribution in [0, 0.1) is 11.6 Å². The molecular weight excluding hydrogens is 248 g/mol. The number of carboxylic acid groups (broad SMARTS) is 1. The molecule has 0 amide bonds. The van der Waals surface area contributed by atoms with E-state index in [4.69, 9.17) is 5.11 Å². The Kier molecular flexibility index (Phi) is 4.74. The molecule has 1 rings (SSSR count). The summed E-state index contributed by atoms with van der Waals surface area (Å²) in [6.07, 6.45) is 1.91. The number of carbonyl (C=O) groups is 1. The third-order valence-corrected chi connectivity index (χ3v) is 2.96. The minimum atomic E-state index is -1.48. The summed E-state index contributed by atoms with van der Waals surface area (Å²) in [5.41, 5.74) is -0.681. The molecule has 1 aromatic carbocycles. The number of hydrogen-bond acceptors (Lipinski definition) is 3. The van der Waals surface area contributed by atoms with Gasteiger partial charge in [-0.2, -0.15) is 11.8 Å². The summed E-state index contributed by atoms with van der Waals surface area (Å²) in [7, 11) is 0. The molecular formula is C11H13F2NO2S. The summed E-state index contributed by atoms with van der Waals surface area (Å²) >= 11 is 1.57. The van der Waals surface area contributed by atoms with E-state index in [1.165, 1.54) is 6.07 Å². The molecule has 0 spiro atoms. The monoisotopic (exact) mass is 261 g/mol. The van der Waals surface area contributed by atoms with Gasteiger partial charge >= 0.3 is 5.97 Å². The van der Waals surface area contributed by atoms with Gasteiger partial charge in [0.1, 0.15) is 0 Å². The number of anilines is 1. The van der Waals surface area contributed by atoms with E-state index in [0.29, 0.717) is 0 Å². The highest BCUT2D eigenvalue weighted by Gasteiger charge is 2.18. The summed E-state index contributed by atoms with van der Waals surface area (Å²) in [4.78, 5) is 10.6. The van der Waals surface area contributed by atoms with Gasteiger partial charge in [-0.15, -0.1) is 0 Å². The van der Waals surface area contributed by atoms with Crippen molar-refractivity contribution < 1.29 is 18.7 Å². The maximum Gasteiger partial charge on any atom is 0.338 e. The van der Waals surface area contributed by atoms with E-state index in [1.807, 2.05) is 13.2 Å². The fraction of sp³-hybridized carbons (Fsp3) is 0.364. The standard InChI is InChI=1S/C11H13F2NO2S/c1-6(5-17-2)14-8-4-3-7(11(15)16)9(12)10(8)13/h3-4,6,14H,5H2,1-2H3,(H,15,16). The topological polar surface area (TPSA) is 49.3 Å². The molecule has 0 radical (unpaired) electrons. The van der Waals surface area contributed by atoms with Gasteiger partial charge in [0.25, 0.3) is 0 Å². The highest BCUT2D eigenvalue weighted by Crippen LogP contribution is 2.21. The second-order valence-electron chi connectivity index (χ2n) is 3.59. The molecule has 6 heteroatoms. The molecule has 3 nitrogen and oxygen atoms in total. The van der Waals surface area contributed by atoms with Crippen molar-refractivity contribution in [3.8, 4) is 0 Å². The molecule has 0 saturated carbocycles. The smallest absolute Gasteiger partial charge is 0.338 e. The number of aromatic carboxylic acids is 1. The van der Waals surface area contributed by atoms with Crippen LogP contribution in [0.5, 0.6) is 0 Å². The Morgan fingerprint density at radius 2 is 2.12 bits per heavy atom. The van der Waals surface area contributed by atoms with Crippen LogP contribution in [-0.4, -0.2) is 29.1 Å². The third-order valence-electron chi connectivity index (χ3n) is 2.13. The van der Waals surface area contributed by atoms with Crippen molar-refractivity contribution in [3.63, 3.8) is 0 Å².